The summed E-state index contributed by atoms with van der Waals surface area (Å²) >= 11 is 0. The number of nitrogens with zero attached hydrogens (tertiary/aromatic N) is 3. The first-order valence-corrected chi connectivity index (χ1v) is 9.13. The number of anilines is 1. The summed E-state index contributed by atoms with van der Waals surface area (Å²) in [6.45, 7) is 2.90. The highest BCUT2D eigenvalue weighted by Crippen LogP contribution is 2.38. The van der Waals surface area contributed by atoms with Gasteiger partial charge in [-0.15, -0.1) is 0 Å². The first-order valence-electron chi connectivity index (χ1n) is 9.13. The molecule has 7 nitrogen and oxygen atoms in total. The predicted octanol–water partition coefficient (Wildman–Crippen LogP) is 2.28. The summed E-state index contributed by atoms with van der Waals surface area (Å²) in [5, 5.41) is 0. The Morgan fingerprint density at radius 2 is 2.11 bits per heavy atom. The van der Waals surface area contributed by atoms with Gasteiger partial charge in [0.05, 0.1) is 20.2 Å². The van der Waals surface area contributed by atoms with Crippen molar-refractivity contribution in [2.75, 3.05) is 31.6 Å². The predicted molar refractivity (Wildman–Crippen MR) is 111 cm³/mol. The van der Waals surface area contributed by atoms with Crippen LogP contribution in [0.15, 0.2) is 53.5 Å². The van der Waals surface area contributed by atoms with E-state index < -0.39 is 0 Å². The van der Waals surface area contributed by atoms with Crippen molar-refractivity contribution < 1.29 is 9.47 Å². The van der Waals surface area contributed by atoms with Crippen LogP contribution < -0.4 is 21.1 Å². The molecule has 0 fully saturated rings. The number of fused-ring (bicyclic) bond motifs is 3. The van der Waals surface area contributed by atoms with E-state index in [1.807, 2.05) is 18.3 Å². The zero-order valence-corrected chi connectivity index (χ0v) is 15.8. The third-order valence-corrected chi connectivity index (χ3v) is 4.91. The minimum absolute atomic E-state index is 0.301. The number of rotatable bonds is 4. The highest BCUT2D eigenvalue weighted by atomic mass is 16.5. The van der Waals surface area contributed by atoms with Gasteiger partial charge in [-0.1, -0.05) is 12.1 Å². The fourth-order valence-corrected chi connectivity index (χ4v) is 3.39. The first-order chi connectivity index (χ1) is 13.7. The van der Waals surface area contributed by atoms with E-state index in [1.165, 1.54) is 13.3 Å². The van der Waals surface area contributed by atoms with Gasteiger partial charge in [-0.05, 0) is 34.9 Å². The van der Waals surface area contributed by atoms with Crippen LogP contribution >= 0.6 is 0 Å². The molecular weight excluding hydrogens is 354 g/mol. The van der Waals surface area contributed by atoms with Gasteiger partial charge in [0, 0.05) is 36.2 Å². The number of allylic oxidation sites excluding steroid dienone is 2. The van der Waals surface area contributed by atoms with E-state index in [2.05, 4.69) is 28.1 Å². The van der Waals surface area contributed by atoms with E-state index in [9.17, 15) is 0 Å². The number of hydrogen-bond acceptors (Lipinski definition) is 7. The lowest BCUT2D eigenvalue weighted by molar-refractivity contribution is 0.288. The molecule has 1 aromatic carbocycles. The monoisotopic (exact) mass is 377 g/mol. The average Bonchev–Trinajstić information content (AvgIpc) is 2.77. The lowest BCUT2D eigenvalue weighted by Crippen LogP contribution is -2.32. The molecule has 0 amide bonds. The van der Waals surface area contributed by atoms with E-state index >= 15 is 0 Å². The van der Waals surface area contributed by atoms with Crippen LogP contribution in [0, 0.1) is 0 Å². The maximum Gasteiger partial charge on any atom is 0.223 e. The molecule has 0 saturated heterocycles. The molecule has 7 heteroatoms. The molecule has 0 bridgehead atoms. The van der Waals surface area contributed by atoms with Crippen LogP contribution in [0.5, 0.6) is 5.88 Å². The highest BCUT2D eigenvalue weighted by Gasteiger charge is 2.21. The van der Waals surface area contributed by atoms with Crippen molar-refractivity contribution in [3.05, 3.63) is 59.6 Å². The number of benzene rings is 1. The van der Waals surface area contributed by atoms with Gasteiger partial charge in [-0.25, -0.2) is 0 Å². The van der Waals surface area contributed by atoms with Crippen LogP contribution in [0.4, 0.5) is 5.82 Å². The second-order valence-corrected chi connectivity index (χ2v) is 6.59. The summed E-state index contributed by atoms with van der Waals surface area (Å²) < 4.78 is 11.0. The van der Waals surface area contributed by atoms with Gasteiger partial charge >= 0.3 is 0 Å². The van der Waals surface area contributed by atoms with Crippen LogP contribution in [0.2, 0.25) is 0 Å². The van der Waals surface area contributed by atoms with Crippen molar-refractivity contribution in [1.82, 2.24) is 4.98 Å². The Balaban J connectivity index is 1.66. The number of pyridine rings is 1. The molecule has 0 spiro atoms. The third-order valence-electron chi connectivity index (χ3n) is 4.91. The molecule has 4 rings (SSSR count). The summed E-state index contributed by atoms with van der Waals surface area (Å²) in [5.74, 6) is 1.88. The Morgan fingerprint density at radius 1 is 1.25 bits per heavy atom. The first kappa shape index (κ1) is 17.9. The van der Waals surface area contributed by atoms with Crippen molar-refractivity contribution >= 4 is 17.6 Å². The molecular formula is C21H23N5O2. The van der Waals surface area contributed by atoms with Crippen molar-refractivity contribution in [1.29, 1.82) is 0 Å². The Bertz CT molecular complexity index is 981. The van der Waals surface area contributed by atoms with Gasteiger partial charge in [0.25, 0.3) is 0 Å². The largest absolute Gasteiger partial charge is 0.483 e. The molecule has 4 N–H and O–H groups in total. The molecule has 1 aromatic heterocycles. The normalized spacial score (nSPS) is 16.2. The summed E-state index contributed by atoms with van der Waals surface area (Å²) in [5.41, 5.74) is 16.5. The van der Waals surface area contributed by atoms with Gasteiger partial charge in [-0.3, -0.25) is 4.99 Å². The molecule has 144 valence electrons. The minimum Gasteiger partial charge on any atom is -0.483 e. The van der Waals surface area contributed by atoms with Gasteiger partial charge in [0.15, 0.2) is 5.88 Å². The molecule has 0 atom stereocenters. The highest BCUT2D eigenvalue weighted by molar-refractivity contribution is 5.80. The van der Waals surface area contributed by atoms with Crippen molar-refractivity contribution in [3.63, 3.8) is 0 Å². The maximum absolute atomic E-state index is 5.97. The molecule has 0 unspecified atom stereocenters. The van der Waals surface area contributed by atoms with Gasteiger partial charge in [-0.2, -0.15) is 4.98 Å². The number of ether oxygens (including phenoxy) is 2. The number of aliphatic imine (C=N–C) groups is 1. The molecule has 2 aliphatic heterocycles. The SMILES string of the molecule is CO/C(N)=C/C(=C\N)c1ccc2c(c1)COc1nc(N3CC=NCC3)ccc1-2. The molecule has 2 aromatic rings. The number of hydrogen-bond donors (Lipinski definition) is 2. The van der Waals surface area contributed by atoms with Crippen LogP contribution in [-0.2, 0) is 11.3 Å². The summed E-state index contributed by atoms with van der Waals surface area (Å²) in [7, 11) is 1.52. The molecule has 0 radical (unpaired) electrons. The number of aromatic nitrogens is 1. The lowest BCUT2D eigenvalue weighted by atomic mass is 9.94. The summed E-state index contributed by atoms with van der Waals surface area (Å²) in [4.78, 5) is 11.2. The second-order valence-electron chi connectivity index (χ2n) is 6.59. The Hall–Kier alpha value is -3.48. The van der Waals surface area contributed by atoms with Crippen LogP contribution in [0.1, 0.15) is 11.1 Å². The molecule has 28 heavy (non-hydrogen) atoms. The smallest absolute Gasteiger partial charge is 0.223 e. The molecule has 3 heterocycles. The van der Waals surface area contributed by atoms with Crippen LogP contribution in [-0.4, -0.2) is 37.9 Å². The quantitative estimate of drug-likeness (QED) is 0.626. The Morgan fingerprint density at radius 3 is 2.86 bits per heavy atom. The summed E-state index contributed by atoms with van der Waals surface area (Å²) in [6, 6.07) is 10.3. The zero-order valence-electron chi connectivity index (χ0n) is 15.8. The van der Waals surface area contributed by atoms with Gasteiger partial charge in [0.2, 0.25) is 5.88 Å². The maximum atomic E-state index is 5.97. The molecule has 0 saturated carbocycles. The summed E-state index contributed by atoms with van der Waals surface area (Å²) in [6.07, 6.45) is 5.14. The fourth-order valence-electron chi connectivity index (χ4n) is 3.39. The van der Waals surface area contributed by atoms with Crippen molar-refractivity contribution in [3.8, 4) is 17.0 Å². The molecule has 2 aliphatic rings. The Labute approximate surface area is 164 Å². The van der Waals surface area contributed by atoms with Gasteiger partial charge < -0.3 is 25.8 Å². The zero-order chi connectivity index (χ0) is 19.5. The van der Waals surface area contributed by atoms with Crippen molar-refractivity contribution in [2.45, 2.75) is 6.61 Å². The van der Waals surface area contributed by atoms with Crippen LogP contribution in [0.3, 0.4) is 0 Å². The van der Waals surface area contributed by atoms with Crippen molar-refractivity contribution in [2.24, 2.45) is 16.5 Å². The van der Waals surface area contributed by atoms with E-state index in [0.717, 1.165) is 53.3 Å². The van der Waals surface area contributed by atoms with E-state index in [4.69, 9.17) is 25.9 Å². The average molecular weight is 377 g/mol. The number of nitrogens with two attached hydrogens (primary N) is 2. The topological polar surface area (TPSA) is 99.0 Å². The van der Waals surface area contributed by atoms with Gasteiger partial charge in [0.1, 0.15) is 12.4 Å². The Kier molecular flexibility index (Phi) is 4.89. The minimum atomic E-state index is 0.301. The van der Waals surface area contributed by atoms with E-state index in [0.29, 0.717) is 18.4 Å². The van der Waals surface area contributed by atoms with E-state index in [-0.39, 0.29) is 0 Å². The van der Waals surface area contributed by atoms with E-state index in [1.54, 1.807) is 6.08 Å². The third kappa shape index (κ3) is 3.38. The lowest BCUT2D eigenvalue weighted by Gasteiger charge is -2.26. The van der Waals surface area contributed by atoms with Crippen LogP contribution in [0.25, 0.3) is 16.7 Å². The second kappa shape index (κ2) is 7.64. The fraction of sp³-hybridized carbons (Fsp3) is 0.238. The number of methoxy groups -OCH3 is 1. The molecule has 0 aliphatic carbocycles. The standard InChI is InChI=1S/C21H23N5O2/c1-27-19(23)11-15(12-22)14-2-3-17-16(10-14)13-28-21-18(17)4-5-20(25-21)26-8-6-24-7-9-26/h2-6,10-12H,7-9,13,22-23H2,1H3/b15-12+,19-11+.